The smallest absolute Gasteiger partial charge is 0.0163 e. The third-order valence-electron chi connectivity index (χ3n) is 1.45. The van der Waals surface area contributed by atoms with Crippen molar-refractivity contribution in [3.63, 3.8) is 0 Å². The maximum absolute atomic E-state index is 3.70. The van der Waals surface area contributed by atoms with Crippen LogP contribution >= 0.6 is 11.8 Å². The zero-order valence-electron chi connectivity index (χ0n) is 7.51. The summed E-state index contributed by atoms with van der Waals surface area (Å²) in [5.41, 5.74) is 0. The van der Waals surface area contributed by atoms with Gasteiger partial charge in [-0.2, -0.15) is 11.8 Å². The number of allylic oxidation sites excluding steroid dienone is 1. The van der Waals surface area contributed by atoms with Crippen molar-refractivity contribution in [2.75, 3.05) is 5.75 Å². The van der Waals surface area contributed by atoms with Gasteiger partial charge in [-0.15, -0.1) is 6.58 Å². The molecular formula is C10H19S. The van der Waals surface area contributed by atoms with Crippen LogP contribution in [0.3, 0.4) is 0 Å². The van der Waals surface area contributed by atoms with E-state index in [1.54, 1.807) is 0 Å². The minimum absolute atomic E-state index is 1.18. The lowest BCUT2D eigenvalue weighted by Gasteiger charge is -1.97. The van der Waals surface area contributed by atoms with Crippen LogP contribution in [0.4, 0.5) is 0 Å². The van der Waals surface area contributed by atoms with Gasteiger partial charge in [0.15, 0.2) is 0 Å². The molecule has 0 aliphatic heterocycles. The molecule has 0 aliphatic carbocycles. The highest BCUT2D eigenvalue weighted by molar-refractivity contribution is 8.01. The molecule has 0 aromatic rings. The van der Waals surface area contributed by atoms with E-state index < -0.39 is 0 Å². The van der Waals surface area contributed by atoms with E-state index in [1.807, 2.05) is 17.8 Å². The van der Waals surface area contributed by atoms with E-state index in [9.17, 15) is 0 Å². The first-order chi connectivity index (χ1) is 5.41. The molecule has 0 rings (SSSR count). The van der Waals surface area contributed by atoms with Crippen LogP contribution in [-0.4, -0.2) is 5.75 Å². The molecule has 0 saturated heterocycles. The lowest BCUT2D eigenvalue weighted by Crippen LogP contribution is -1.80. The summed E-state index contributed by atoms with van der Waals surface area (Å²) in [6.07, 6.45) is 8.41. The molecule has 0 bridgehead atoms. The summed E-state index contributed by atoms with van der Waals surface area (Å²) < 4.78 is 0. The van der Waals surface area contributed by atoms with Crippen molar-refractivity contribution in [2.24, 2.45) is 0 Å². The Balaban J connectivity index is 2.74. The average Bonchev–Trinajstić information content (AvgIpc) is 2.03. The predicted molar refractivity (Wildman–Crippen MR) is 55.7 cm³/mol. The molecule has 11 heavy (non-hydrogen) atoms. The maximum Gasteiger partial charge on any atom is 0.0163 e. The minimum atomic E-state index is 1.18. The maximum atomic E-state index is 3.70. The Bertz CT molecular complexity index is 78.9. The van der Waals surface area contributed by atoms with Gasteiger partial charge in [0, 0.05) is 5.75 Å². The van der Waals surface area contributed by atoms with E-state index in [0.717, 1.165) is 0 Å². The van der Waals surface area contributed by atoms with Crippen LogP contribution < -0.4 is 0 Å². The molecule has 1 heteroatoms. The van der Waals surface area contributed by atoms with Gasteiger partial charge in [0.25, 0.3) is 0 Å². The fourth-order valence-corrected chi connectivity index (χ4v) is 1.63. The zero-order chi connectivity index (χ0) is 8.36. The molecule has 0 saturated carbocycles. The SMILES string of the molecule is C=CCCCCCS[CH]CC. The Morgan fingerprint density at radius 1 is 1.27 bits per heavy atom. The number of unbranched alkanes of at least 4 members (excludes halogenated alkanes) is 3. The lowest BCUT2D eigenvalue weighted by atomic mass is 10.2. The summed E-state index contributed by atoms with van der Waals surface area (Å²) in [7, 11) is 0. The largest absolute Gasteiger partial charge is 0.157 e. The number of hydrogen-bond donors (Lipinski definition) is 0. The van der Waals surface area contributed by atoms with Crippen molar-refractivity contribution in [1.82, 2.24) is 0 Å². The van der Waals surface area contributed by atoms with Crippen molar-refractivity contribution < 1.29 is 0 Å². The Kier molecular flexibility index (Phi) is 10.2. The third-order valence-corrected chi connectivity index (χ3v) is 2.55. The van der Waals surface area contributed by atoms with E-state index in [-0.39, 0.29) is 0 Å². The number of hydrogen-bond acceptors (Lipinski definition) is 1. The highest BCUT2D eigenvalue weighted by Gasteiger charge is 1.88. The van der Waals surface area contributed by atoms with Crippen LogP contribution in [-0.2, 0) is 0 Å². The minimum Gasteiger partial charge on any atom is -0.157 e. The Labute approximate surface area is 75.5 Å². The highest BCUT2D eigenvalue weighted by Crippen LogP contribution is 2.11. The van der Waals surface area contributed by atoms with Crippen LogP contribution in [0.25, 0.3) is 0 Å². The van der Waals surface area contributed by atoms with Crippen LogP contribution in [0.15, 0.2) is 12.7 Å². The Morgan fingerprint density at radius 3 is 2.73 bits per heavy atom. The predicted octanol–water partition coefficient (Wildman–Crippen LogP) is 4.04. The van der Waals surface area contributed by atoms with E-state index in [1.165, 1.54) is 37.9 Å². The first-order valence-electron chi connectivity index (χ1n) is 4.46. The molecule has 0 aromatic heterocycles. The van der Waals surface area contributed by atoms with Gasteiger partial charge in [0.1, 0.15) is 0 Å². The van der Waals surface area contributed by atoms with Gasteiger partial charge < -0.3 is 0 Å². The summed E-state index contributed by atoms with van der Waals surface area (Å²) in [6, 6.07) is 0. The topological polar surface area (TPSA) is 0 Å². The third kappa shape index (κ3) is 10.1. The van der Waals surface area contributed by atoms with Gasteiger partial charge in [0.05, 0.1) is 0 Å². The standard InChI is InChI=1S/C10H19S/c1-3-5-6-7-8-10-11-9-4-2/h3,9H,1,4-8,10H2,2H3. The Hall–Kier alpha value is 0.0900. The molecule has 0 fully saturated rings. The molecule has 65 valence electrons. The summed E-state index contributed by atoms with van der Waals surface area (Å²) in [4.78, 5) is 0. The summed E-state index contributed by atoms with van der Waals surface area (Å²) in [5.74, 6) is 3.58. The van der Waals surface area contributed by atoms with Crippen LogP contribution in [0, 0.1) is 5.75 Å². The van der Waals surface area contributed by atoms with Gasteiger partial charge in [-0.05, 0) is 31.4 Å². The molecule has 0 aliphatic rings. The molecule has 0 atom stereocenters. The summed E-state index contributed by atoms with van der Waals surface area (Å²) >= 11 is 1.96. The van der Waals surface area contributed by atoms with Gasteiger partial charge >= 0.3 is 0 Å². The van der Waals surface area contributed by atoms with Gasteiger partial charge in [-0.1, -0.05) is 19.4 Å². The van der Waals surface area contributed by atoms with Gasteiger partial charge in [-0.25, -0.2) is 0 Å². The van der Waals surface area contributed by atoms with Crippen molar-refractivity contribution in [2.45, 2.75) is 39.0 Å². The number of thioether (sulfide) groups is 1. The fraction of sp³-hybridized carbons (Fsp3) is 0.700. The van der Waals surface area contributed by atoms with Crippen molar-refractivity contribution >= 4 is 11.8 Å². The van der Waals surface area contributed by atoms with E-state index in [4.69, 9.17) is 0 Å². The monoisotopic (exact) mass is 171 g/mol. The molecule has 0 spiro atoms. The van der Waals surface area contributed by atoms with Crippen molar-refractivity contribution in [1.29, 1.82) is 0 Å². The van der Waals surface area contributed by atoms with E-state index in [2.05, 4.69) is 19.3 Å². The van der Waals surface area contributed by atoms with E-state index >= 15 is 0 Å². The molecular weight excluding hydrogens is 152 g/mol. The van der Waals surface area contributed by atoms with Gasteiger partial charge in [0.2, 0.25) is 0 Å². The van der Waals surface area contributed by atoms with E-state index in [0.29, 0.717) is 0 Å². The average molecular weight is 171 g/mol. The van der Waals surface area contributed by atoms with Crippen molar-refractivity contribution in [3.05, 3.63) is 18.4 Å². The first kappa shape index (κ1) is 11.1. The zero-order valence-corrected chi connectivity index (χ0v) is 8.33. The quantitative estimate of drug-likeness (QED) is 0.392. The fourth-order valence-electron chi connectivity index (χ4n) is 0.852. The van der Waals surface area contributed by atoms with Crippen LogP contribution in [0.5, 0.6) is 0 Å². The van der Waals surface area contributed by atoms with Gasteiger partial charge in [-0.3, -0.25) is 0 Å². The second kappa shape index (κ2) is 10.1. The normalized spacial score (nSPS) is 9.91. The lowest BCUT2D eigenvalue weighted by molar-refractivity contribution is 0.735. The molecule has 0 amide bonds. The molecule has 1 radical (unpaired) electrons. The van der Waals surface area contributed by atoms with Crippen LogP contribution in [0.1, 0.15) is 39.0 Å². The molecule has 0 aromatic carbocycles. The molecule has 0 N–H and O–H groups in total. The van der Waals surface area contributed by atoms with Crippen LogP contribution in [0.2, 0.25) is 0 Å². The first-order valence-corrected chi connectivity index (χ1v) is 5.50. The highest BCUT2D eigenvalue weighted by atomic mass is 32.2. The van der Waals surface area contributed by atoms with Crippen molar-refractivity contribution in [3.8, 4) is 0 Å². The second-order valence-corrected chi connectivity index (χ2v) is 3.66. The molecule has 0 heterocycles. The Morgan fingerprint density at radius 2 is 2.09 bits per heavy atom. The molecule has 0 unspecified atom stereocenters. The molecule has 0 nitrogen and oxygen atoms in total. The summed E-state index contributed by atoms with van der Waals surface area (Å²) in [5, 5.41) is 0. The number of rotatable bonds is 8. The summed E-state index contributed by atoms with van der Waals surface area (Å²) in [6.45, 7) is 5.88. The second-order valence-electron chi connectivity index (χ2n) is 2.58.